The van der Waals surface area contributed by atoms with Gasteiger partial charge in [0.15, 0.2) is 0 Å². The fourth-order valence-corrected chi connectivity index (χ4v) is 2.13. The average molecular weight is 364 g/mol. The summed E-state index contributed by atoms with van der Waals surface area (Å²) in [6.07, 6.45) is -4.02. The number of nitrogens with one attached hydrogen (secondary N) is 1. The Kier molecular flexibility index (Phi) is 5.00. The molecule has 1 heterocycles. The van der Waals surface area contributed by atoms with E-state index in [1.807, 2.05) is 6.92 Å². The van der Waals surface area contributed by atoms with Crippen LogP contribution in [-0.2, 0) is 12.6 Å². The highest BCUT2D eigenvalue weighted by atomic mass is 79.9. The van der Waals surface area contributed by atoms with Crippen LogP contribution in [0.1, 0.15) is 18.4 Å². The predicted octanol–water partition coefficient (Wildman–Crippen LogP) is 3.67. The molecule has 0 saturated carbocycles. The van der Waals surface area contributed by atoms with Crippen molar-refractivity contribution < 1.29 is 17.6 Å². The summed E-state index contributed by atoms with van der Waals surface area (Å²) in [5, 5.41) is 10.6. The fraction of sp³-hybridized carbons (Fsp3) is 0.385. The number of likely N-dealkylation sites (N-methyl/N-ethyl adjacent to an activating group) is 1. The summed E-state index contributed by atoms with van der Waals surface area (Å²) < 4.78 is 44.8. The molecular formula is C13H13BrF3N3O. The first-order valence-electron chi connectivity index (χ1n) is 6.32. The molecule has 0 saturated heterocycles. The van der Waals surface area contributed by atoms with E-state index in [1.54, 1.807) is 0 Å². The van der Waals surface area contributed by atoms with Crippen LogP contribution in [0.3, 0.4) is 0 Å². The molecule has 0 atom stereocenters. The van der Waals surface area contributed by atoms with Crippen molar-refractivity contribution in [1.29, 1.82) is 0 Å². The third-order valence-corrected chi connectivity index (χ3v) is 3.24. The van der Waals surface area contributed by atoms with Gasteiger partial charge in [-0.05, 0) is 24.7 Å². The maximum Gasteiger partial charge on any atom is 0.417 e. The van der Waals surface area contributed by atoms with Crippen molar-refractivity contribution >= 4 is 15.9 Å². The summed E-state index contributed by atoms with van der Waals surface area (Å²) in [5.41, 5.74) is -0.924. The molecule has 1 N–H and O–H groups in total. The Bertz CT molecular complexity index is 613. The van der Waals surface area contributed by atoms with Gasteiger partial charge in [0.05, 0.1) is 11.1 Å². The predicted molar refractivity (Wildman–Crippen MR) is 74.7 cm³/mol. The van der Waals surface area contributed by atoms with E-state index < -0.39 is 11.7 Å². The van der Waals surface area contributed by atoms with Crippen molar-refractivity contribution in [3.63, 3.8) is 0 Å². The molecule has 21 heavy (non-hydrogen) atoms. The Balaban J connectivity index is 2.30. The van der Waals surface area contributed by atoms with E-state index >= 15 is 0 Å². The molecule has 0 unspecified atom stereocenters. The van der Waals surface area contributed by atoms with Crippen molar-refractivity contribution in [3.8, 4) is 11.5 Å². The molecule has 0 fully saturated rings. The smallest absolute Gasteiger partial charge is 0.417 e. The average Bonchev–Trinajstić information content (AvgIpc) is 2.87. The Morgan fingerprint density at radius 2 is 2.05 bits per heavy atom. The first-order valence-corrected chi connectivity index (χ1v) is 7.11. The van der Waals surface area contributed by atoms with Crippen molar-refractivity contribution in [2.45, 2.75) is 19.5 Å². The largest absolute Gasteiger partial charge is 0.421 e. The minimum Gasteiger partial charge on any atom is -0.421 e. The lowest BCUT2D eigenvalue weighted by atomic mass is 10.1. The number of alkyl halides is 3. The van der Waals surface area contributed by atoms with Crippen LogP contribution in [0, 0.1) is 0 Å². The van der Waals surface area contributed by atoms with Crippen molar-refractivity contribution in [2.24, 2.45) is 0 Å². The molecule has 4 nitrogen and oxygen atoms in total. The Morgan fingerprint density at radius 3 is 2.71 bits per heavy atom. The molecular weight excluding hydrogens is 351 g/mol. The molecule has 1 aromatic heterocycles. The molecule has 0 amide bonds. The molecule has 0 spiro atoms. The zero-order valence-corrected chi connectivity index (χ0v) is 12.8. The van der Waals surface area contributed by atoms with Gasteiger partial charge in [0.25, 0.3) is 0 Å². The second-order valence-corrected chi connectivity index (χ2v) is 5.21. The first-order chi connectivity index (χ1) is 9.91. The summed E-state index contributed by atoms with van der Waals surface area (Å²) >= 11 is 3.03. The molecule has 0 bridgehead atoms. The zero-order chi connectivity index (χ0) is 15.5. The molecule has 114 valence electrons. The Morgan fingerprint density at radius 1 is 1.29 bits per heavy atom. The van der Waals surface area contributed by atoms with Gasteiger partial charge in [-0.15, -0.1) is 10.2 Å². The van der Waals surface area contributed by atoms with E-state index in [0.717, 1.165) is 12.6 Å². The third-order valence-electron chi connectivity index (χ3n) is 2.75. The number of rotatable bonds is 5. The van der Waals surface area contributed by atoms with Gasteiger partial charge in [-0.1, -0.05) is 22.9 Å². The highest BCUT2D eigenvalue weighted by molar-refractivity contribution is 9.10. The van der Waals surface area contributed by atoms with Gasteiger partial charge in [0, 0.05) is 17.4 Å². The van der Waals surface area contributed by atoms with E-state index in [0.29, 0.717) is 23.3 Å². The summed E-state index contributed by atoms with van der Waals surface area (Å²) in [6.45, 7) is 3.38. The van der Waals surface area contributed by atoms with Gasteiger partial charge >= 0.3 is 6.18 Å². The van der Waals surface area contributed by atoms with Crippen molar-refractivity contribution in [2.75, 3.05) is 13.1 Å². The number of aromatic nitrogens is 2. The molecule has 0 radical (unpaired) electrons. The molecule has 2 aromatic rings. The zero-order valence-electron chi connectivity index (χ0n) is 11.2. The third kappa shape index (κ3) is 4.04. The molecule has 1 aromatic carbocycles. The van der Waals surface area contributed by atoms with Gasteiger partial charge in [0.2, 0.25) is 11.8 Å². The maximum atomic E-state index is 13.0. The van der Waals surface area contributed by atoms with Crippen LogP contribution in [0.4, 0.5) is 13.2 Å². The van der Waals surface area contributed by atoms with Gasteiger partial charge < -0.3 is 9.73 Å². The lowest BCUT2D eigenvalue weighted by molar-refractivity contribution is -0.137. The molecule has 8 heteroatoms. The monoisotopic (exact) mass is 363 g/mol. The molecule has 2 rings (SSSR count). The highest BCUT2D eigenvalue weighted by Crippen LogP contribution is 2.38. The normalized spacial score (nSPS) is 11.9. The van der Waals surface area contributed by atoms with Crippen LogP contribution < -0.4 is 5.32 Å². The summed E-state index contributed by atoms with van der Waals surface area (Å²) in [5.74, 6) is 0.184. The first kappa shape index (κ1) is 16.0. The lowest BCUT2D eigenvalue weighted by Crippen LogP contribution is -2.16. The highest BCUT2D eigenvalue weighted by Gasteiger charge is 2.35. The van der Waals surface area contributed by atoms with E-state index in [-0.39, 0.29) is 11.5 Å². The standard InChI is InChI=1S/C13H13BrF3N3O/c1-2-18-6-5-11-19-20-12(21-11)9-4-3-8(14)7-10(9)13(15,16)17/h3-4,7,18H,2,5-6H2,1H3. The summed E-state index contributed by atoms with van der Waals surface area (Å²) in [7, 11) is 0. The van der Waals surface area contributed by atoms with Crippen LogP contribution in [0.5, 0.6) is 0 Å². The van der Waals surface area contributed by atoms with Gasteiger partial charge in [0.1, 0.15) is 0 Å². The van der Waals surface area contributed by atoms with Crippen LogP contribution in [0.25, 0.3) is 11.5 Å². The maximum absolute atomic E-state index is 13.0. The van der Waals surface area contributed by atoms with Gasteiger partial charge in [-0.2, -0.15) is 13.2 Å². The lowest BCUT2D eigenvalue weighted by Gasteiger charge is -2.10. The van der Waals surface area contributed by atoms with E-state index in [2.05, 4.69) is 31.4 Å². The van der Waals surface area contributed by atoms with E-state index in [4.69, 9.17) is 4.42 Å². The molecule has 0 aliphatic rings. The molecule has 0 aliphatic heterocycles. The minimum atomic E-state index is -4.49. The SMILES string of the molecule is CCNCCc1nnc(-c2ccc(Br)cc2C(F)(F)F)o1. The fourth-order valence-electron chi connectivity index (χ4n) is 1.77. The minimum absolute atomic E-state index is 0.118. The number of hydrogen-bond donors (Lipinski definition) is 1. The van der Waals surface area contributed by atoms with Crippen LogP contribution >= 0.6 is 15.9 Å². The quantitative estimate of drug-likeness (QED) is 0.823. The van der Waals surface area contributed by atoms with E-state index in [9.17, 15) is 13.2 Å². The van der Waals surface area contributed by atoms with Gasteiger partial charge in [-0.3, -0.25) is 0 Å². The number of hydrogen-bond acceptors (Lipinski definition) is 4. The van der Waals surface area contributed by atoms with Crippen molar-refractivity contribution in [3.05, 3.63) is 34.1 Å². The second-order valence-electron chi connectivity index (χ2n) is 4.29. The van der Waals surface area contributed by atoms with Crippen LogP contribution in [-0.4, -0.2) is 23.3 Å². The number of benzene rings is 1. The summed E-state index contributed by atoms with van der Waals surface area (Å²) in [6, 6.07) is 3.82. The van der Waals surface area contributed by atoms with Gasteiger partial charge in [-0.25, -0.2) is 0 Å². The number of halogens is 4. The molecule has 0 aliphatic carbocycles. The second kappa shape index (κ2) is 6.57. The Hall–Kier alpha value is -1.41. The van der Waals surface area contributed by atoms with Crippen LogP contribution in [0.15, 0.2) is 27.1 Å². The summed E-state index contributed by atoms with van der Waals surface area (Å²) in [4.78, 5) is 0. The van der Waals surface area contributed by atoms with E-state index in [1.165, 1.54) is 12.1 Å². The number of nitrogens with zero attached hydrogens (tertiary/aromatic N) is 2. The Labute approximate surface area is 127 Å². The van der Waals surface area contributed by atoms with Crippen molar-refractivity contribution in [1.82, 2.24) is 15.5 Å². The van der Waals surface area contributed by atoms with Crippen LogP contribution in [0.2, 0.25) is 0 Å². The topological polar surface area (TPSA) is 51.0 Å².